The summed E-state index contributed by atoms with van der Waals surface area (Å²) in [6, 6.07) is 4.39. The van der Waals surface area contributed by atoms with Gasteiger partial charge in [0, 0.05) is 26.1 Å². The number of ketones is 1. The molecule has 1 aromatic heterocycles. The van der Waals surface area contributed by atoms with Gasteiger partial charge in [-0.1, -0.05) is 0 Å². The minimum atomic E-state index is 0.0211. The molecule has 1 fully saturated rings. The van der Waals surface area contributed by atoms with E-state index in [1.807, 2.05) is 18.3 Å². The van der Waals surface area contributed by atoms with Gasteiger partial charge in [-0.15, -0.1) is 0 Å². The average molecular weight is 247 g/mol. The first-order valence-corrected chi connectivity index (χ1v) is 6.46. The van der Waals surface area contributed by atoms with Crippen molar-refractivity contribution in [2.75, 3.05) is 32.1 Å². The molecule has 0 amide bonds. The fourth-order valence-electron chi connectivity index (χ4n) is 2.55. The highest BCUT2D eigenvalue weighted by atomic mass is 16.1. The second-order valence-corrected chi connectivity index (χ2v) is 5.21. The Kier molecular flexibility index (Phi) is 3.97. The maximum absolute atomic E-state index is 11.2. The first-order chi connectivity index (χ1) is 8.58. The van der Waals surface area contributed by atoms with Gasteiger partial charge in [-0.3, -0.25) is 9.78 Å². The van der Waals surface area contributed by atoms with Crippen LogP contribution < -0.4 is 4.90 Å². The molecule has 2 rings (SSSR count). The third-order valence-electron chi connectivity index (χ3n) is 3.39. The Hall–Kier alpha value is -1.42. The van der Waals surface area contributed by atoms with E-state index < -0.39 is 0 Å². The van der Waals surface area contributed by atoms with Crippen LogP contribution in [0.1, 0.15) is 30.3 Å². The number of rotatable bonds is 4. The topological polar surface area (TPSA) is 36.4 Å². The van der Waals surface area contributed by atoms with Gasteiger partial charge in [0.25, 0.3) is 0 Å². The smallest absolute Gasteiger partial charge is 0.178 e. The molecule has 4 nitrogen and oxygen atoms in total. The lowest BCUT2D eigenvalue weighted by Gasteiger charge is -2.28. The molecule has 1 aliphatic heterocycles. The summed E-state index contributed by atoms with van der Waals surface area (Å²) in [4.78, 5) is 20.1. The van der Waals surface area contributed by atoms with Gasteiger partial charge in [-0.25, -0.2) is 0 Å². The highest BCUT2D eigenvalue weighted by Gasteiger charge is 2.25. The number of likely N-dealkylation sites (N-methyl/N-ethyl adjacent to an activating group) is 1. The van der Waals surface area contributed by atoms with Crippen molar-refractivity contribution >= 4 is 11.5 Å². The fourth-order valence-corrected chi connectivity index (χ4v) is 2.55. The predicted molar refractivity (Wildman–Crippen MR) is 73.2 cm³/mol. The molecular formula is C14H21N3O. The van der Waals surface area contributed by atoms with E-state index in [-0.39, 0.29) is 5.78 Å². The van der Waals surface area contributed by atoms with Gasteiger partial charge in [0.05, 0.1) is 11.9 Å². The van der Waals surface area contributed by atoms with Crippen LogP contribution in [0, 0.1) is 0 Å². The first-order valence-electron chi connectivity index (χ1n) is 6.46. The zero-order valence-corrected chi connectivity index (χ0v) is 11.4. The fraction of sp³-hybridized carbons (Fsp3) is 0.571. The molecule has 1 aromatic rings. The van der Waals surface area contributed by atoms with Crippen molar-refractivity contribution in [2.45, 2.75) is 25.8 Å². The van der Waals surface area contributed by atoms with Crippen molar-refractivity contribution in [1.82, 2.24) is 9.88 Å². The van der Waals surface area contributed by atoms with Gasteiger partial charge in [0.1, 0.15) is 5.69 Å². The Morgan fingerprint density at radius 3 is 2.83 bits per heavy atom. The van der Waals surface area contributed by atoms with E-state index >= 15 is 0 Å². The monoisotopic (exact) mass is 247 g/mol. The summed E-state index contributed by atoms with van der Waals surface area (Å²) >= 11 is 0. The van der Waals surface area contributed by atoms with Crippen LogP contribution in [0.2, 0.25) is 0 Å². The van der Waals surface area contributed by atoms with Crippen LogP contribution in [0.15, 0.2) is 18.3 Å². The van der Waals surface area contributed by atoms with Gasteiger partial charge in [-0.05, 0) is 39.1 Å². The lowest BCUT2D eigenvalue weighted by atomic mass is 10.2. The van der Waals surface area contributed by atoms with Crippen molar-refractivity contribution in [2.24, 2.45) is 0 Å². The van der Waals surface area contributed by atoms with Crippen LogP contribution in [0.4, 0.5) is 5.69 Å². The maximum atomic E-state index is 11.2. The molecule has 0 aromatic carbocycles. The Balaban J connectivity index is 2.12. The molecule has 1 unspecified atom stereocenters. The maximum Gasteiger partial charge on any atom is 0.178 e. The van der Waals surface area contributed by atoms with E-state index in [4.69, 9.17) is 0 Å². The highest BCUT2D eigenvalue weighted by Crippen LogP contribution is 2.25. The number of carbonyl (C=O) groups excluding carboxylic acids is 1. The third-order valence-corrected chi connectivity index (χ3v) is 3.39. The summed E-state index contributed by atoms with van der Waals surface area (Å²) in [5.74, 6) is 0.0211. The van der Waals surface area contributed by atoms with Gasteiger partial charge in [0.2, 0.25) is 0 Å². The lowest BCUT2D eigenvalue weighted by Crippen LogP contribution is -2.37. The molecule has 18 heavy (non-hydrogen) atoms. The molecule has 0 spiro atoms. The molecule has 1 atom stereocenters. The zero-order chi connectivity index (χ0) is 13.1. The van der Waals surface area contributed by atoms with E-state index in [9.17, 15) is 4.79 Å². The largest absolute Gasteiger partial charge is 0.366 e. The Morgan fingerprint density at radius 2 is 2.28 bits per heavy atom. The molecule has 0 radical (unpaired) electrons. The summed E-state index contributed by atoms with van der Waals surface area (Å²) in [7, 11) is 4.21. The number of pyridine rings is 1. The van der Waals surface area contributed by atoms with Crippen LogP contribution in [-0.2, 0) is 0 Å². The number of anilines is 1. The second-order valence-electron chi connectivity index (χ2n) is 5.21. The Labute approximate surface area is 109 Å². The zero-order valence-electron chi connectivity index (χ0n) is 11.4. The molecule has 0 bridgehead atoms. The lowest BCUT2D eigenvalue weighted by molar-refractivity contribution is 0.101. The van der Waals surface area contributed by atoms with E-state index in [1.54, 1.807) is 6.92 Å². The molecular weight excluding hydrogens is 226 g/mol. The van der Waals surface area contributed by atoms with E-state index in [1.165, 1.54) is 12.8 Å². The molecule has 0 N–H and O–H groups in total. The van der Waals surface area contributed by atoms with Crippen LogP contribution in [0.3, 0.4) is 0 Å². The molecule has 1 saturated heterocycles. The molecule has 1 aliphatic rings. The van der Waals surface area contributed by atoms with E-state index in [2.05, 4.69) is 28.9 Å². The Bertz CT molecular complexity index is 414. The molecule has 0 aliphatic carbocycles. The highest BCUT2D eigenvalue weighted by molar-refractivity contribution is 5.92. The number of aromatic nitrogens is 1. The van der Waals surface area contributed by atoms with Crippen molar-refractivity contribution in [3.8, 4) is 0 Å². The van der Waals surface area contributed by atoms with Crippen molar-refractivity contribution in [3.63, 3.8) is 0 Å². The minimum Gasteiger partial charge on any atom is -0.366 e. The standard InChI is InChI=1S/C14H21N3O/c1-11(18)14-7-6-12(9-15-14)17-8-4-5-13(17)10-16(2)3/h6-7,9,13H,4-5,8,10H2,1-3H3. The van der Waals surface area contributed by atoms with E-state index in [0.29, 0.717) is 11.7 Å². The molecule has 2 heterocycles. The summed E-state index contributed by atoms with van der Waals surface area (Å²) in [5.41, 5.74) is 1.67. The van der Waals surface area contributed by atoms with Gasteiger partial charge in [0.15, 0.2) is 5.78 Å². The van der Waals surface area contributed by atoms with Crippen LogP contribution in [0.5, 0.6) is 0 Å². The van der Waals surface area contributed by atoms with Crippen LogP contribution in [0.25, 0.3) is 0 Å². The van der Waals surface area contributed by atoms with E-state index in [0.717, 1.165) is 18.8 Å². The number of nitrogens with zero attached hydrogens (tertiary/aromatic N) is 3. The summed E-state index contributed by atoms with van der Waals surface area (Å²) in [5, 5.41) is 0. The number of hydrogen-bond acceptors (Lipinski definition) is 4. The van der Waals surface area contributed by atoms with Crippen molar-refractivity contribution in [3.05, 3.63) is 24.0 Å². The minimum absolute atomic E-state index is 0.0211. The third kappa shape index (κ3) is 2.88. The van der Waals surface area contributed by atoms with Gasteiger partial charge in [-0.2, -0.15) is 0 Å². The first kappa shape index (κ1) is 13.0. The molecule has 98 valence electrons. The summed E-state index contributed by atoms with van der Waals surface area (Å²) in [6.45, 7) is 3.70. The van der Waals surface area contributed by atoms with Crippen LogP contribution in [-0.4, -0.2) is 48.9 Å². The van der Waals surface area contributed by atoms with Crippen molar-refractivity contribution in [1.29, 1.82) is 0 Å². The quantitative estimate of drug-likeness (QED) is 0.760. The summed E-state index contributed by atoms with van der Waals surface area (Å²) < 4.78 is 0. The summed E-state index contributed by atoms with van der Waals surface area (Å²) in [6.07, 6.45) is 4.28. The van der Waals surface area contributed by atoms with Crippen LogP contribution >= 0.6 is 0 Å². The number of Topliss-reactive ketones (excluding diaryl/α,β-unsaturated/α-hetero) is 1. The van der Waals surface area contributed by atoms with Gasteiger partial charge >= 0.3 is 0 Å². The number of hydrogen-bond donors (Lipinski definition) is 0. The second kappa shape index (κ2) is 5.48. The average Bonchev–Trinajstić information content (AvgIpc) is 2.76. The SMILES string of the molecule is CC(=O)c1ccc(N2CCCC2CN(C)C)cn1. The van der Waals surface area contributed by atoms with Crippen molar-refractivity contribution < 1.29 is 4.79 Å². The normalized spacial score (nSPS) is 19.6. The van der Waals surface area contributed by atoms with Gasteiger partial charge < -0.3 is 9.80 Å². The molecule has 4 heteroatoms. The molecule has 0 saturated carbocycles. The predicted octanol–water partition coefficient (Wildman–Crippen LogP) is 1.81. The Morgan fingerprint density at radius 1 is 1.50 bits per heavy atom. The number of carbonyl (C=O) groups is 1.